The minimum Gasteiger partial charge on any atom is -0.370 e. The van der Waals surface area contributed by atoms with E-state index in [0.29, 0.717) is 11.4 Å². The molecule has 0 aliphatic heterocycles. The second-order valence-corrected chi connectivity index (χ2v) is 3.67. The lowest BCUT2D eigenvalue weighted by molar-refractivity contribution is 0.131. The molecular formula is C9H19N3. The van der Waals surface area contributed by atoms with Crippen molar-refractivity contribution in [3.63, 3.8) is 0 Å². The maximum Gasteiger partial charge on any atom is 0.188 e. The summed E-state index contributed by atoms with van der Waals surface area (Å²) in [5, 5.41) is 3.15. The Balaban J connectivity index is 2.29. The standard InChI is InChI=1S/C9H19N3/c1-3-9(5-4-6-9)7-12-8(10)11-2/h3-7H2,1-2H3,(H3,10,11,12). The average molecular weight is 169 g/mol. The van der Waals surface area contributed by atoms with E-state index in [4.69, 9.17) is 5.73 Å². The van der Waals surface area contributed by atoms with Crippen molar-refractivity contribution in [1.82, 2.24) is 5.32 Å². The highest BCUT2D eigenvalue weighted by Crippen LogP contribution is 2.42. The van der Waals surface area contributed by atoms with Gasteiger partial charge in [-0.3, -0.25) is 4.99 Å². The number of nitrogens with zero attached hydrogens (tertiary/aromatic N) is 1. The zero-order chi connectivity index (χ0) is 9.03. The summed E-state index contributed by atoms with van der Waals surface area (Å²) in [6.45, 7) is 3.24. The van der Waals surface area contributed by atoms with Gasteiger partial charge in [-0.1, -0.05) is 13.3 Å². The second kappa shape index (κ2) is 3.78. The fourth-order valence-electron chi connectivity index (χ4n) is 1.69. The fourth-order valence-corrected chi connectivity index (χ4v) is 1.69. The van der Waals surface area contributed by atoms with Crippen LogP contribution in [0.3, 0.4) is 0 Å². The lowest BCUT2D eigenvalue weighted by Crippen LogP contribution is -2.44. The Bertz CT molecular complexity index is 165. The van der Waals surface area contributed by atoms with Crippen molar-refractivity contribution in [2.24, 2.45) is 16.1 Å². The maximum atomic E-state index is 5.55. The van der Waals surface area contributed by atoms with Crippen LogP contribution in [0.25, 0.3) is 0 Å². The number of aliphatic imine (C=N–C) groups is 1. The van der Waals surface area contributed by atoms with Crippen molar-refractivity contribution in [2.75, 3.05) is 13.6 Å². The Morgan fingerprint density at radius 3 is 2.58 bits per heavy atom. The minimum absolute atomic E-state index is 0.523. The Morgan fingerprint density at radius 1 is 1.58 bits per heavy atom. The zero-order valence-corrected chi connectivity index (χ0v) is 8.06. The molecule has 0 aromatic carbocycles. The molecule has 3 nitrogen and oxygen atoms in total. The molecule has 0 spiro atoms. The van der Waals surface area contributed by atoms with Crippen molar-refractivity contribution >= 4 is 5.96 Å². The van der Waals surface area contributed by atoms with E-state index in [1.807, 2.05) is 0 Å². The molecule has 3 heteroatoms. The molecule has 0 amide bonds. The third-order valence-electron chi connectivity index (χ3n) is 3.05. The topological polar surface area (TPSA) is 50.4 Å². The van der Waals surface area contributed by atoms with Gasteiger partial charge in [0.25, 0.3) is 0 Å². The van der Waals surface area contributed by atoms with Crippen molar-refractivity contribution in [3.8, 4) is 0 Å². The van der Waals surface area contributed by atoms with Gasteiger partial charge in [0.1, 0.15) is 0 Å². The van der Waals surface area contributed by atoms with E-state index in [0.717, 1.165) is 6.54 Å². The van der Waals surface area contributed by atoms with Gasteiger partial charge < -0.3 is 11.1 Å². The van der Waals surface area contributed by atoms with Gasteiger partial charge in [0, 0.05) is 13.6 Å². The average Bonchev–Trinajstić information content (AvgIpc) is 2.03. The number of hydrogen-bond donors (Lipinski definition) is 2. The lowest BCUT2D eigenvalue weighted by Gasteiger charge is -2.41. The van der Waals surface area contributed by atoms with E-state index >= 15 is 0 Å². The maximum absolute atomic E-state index is 5.55. The van der Waals surface area contributed by atoms with E-state index < -0.39 is 0 Å². The molecule has 0 unspecified atom stereocenters. The first kappa shape index (κ1) is 9.36. The lowest BCUT2D eigenvalue weighted by atomic mass is 9.67. The number of nitrogens with two attached hydrogens (primary N) is 1. The molecule has 3 N–H and O–H groups in total. The van der Waals surface area contributed by atoms with Gasteiger partial charge >= 0.3 is 0 Å². The van der Waals surface area contributed by atoms with Crippen LogP contribution in [0.15, 0.2) is 4.99 Å². The van der Waals surface area contributed by atoms with E-state index in [1.165, 1.54) is 25.7 Å². The molecule has 1 fully saturated rings. The van der Waals surface area contributed by atoms with Gasteiger partial charge in [0.2, 0.25) is 0 Å². The molecule has 70 valence electrons. The van der Waals surface area contributed by atoms with Crippen molar-refractivity contribution < 1.29 is 0 Å². The van der Waals surface area contributed by atoms with Crippen LogP contribution in [0.1, 0.15) is 32.6 Å². The fraction of sp³-hybridized carbons (Fsp3) is 0.889. The van der Waals surface area contributed by atoms with Crippen LogP contribution in [0.4, 0.5) is 0 Å². The third-order valence-corrected chi connectivity index (χ3v) is 3.05. The number of guanidine groups is 1. The van der Waals surface area contributed by atoms with Crippen molar-refractivity contribution in [2.45, 2.75) is 32.6 Å². The van der Waals surface area contributed by atoms with Crippen LogP contribution in [0.5, 0.6) is 0 Å². The molecule has 0 aromatic rings. The number of nitrogens with one attached hydrogen (secondary N) is 1. The predicted molar refractivity (Wildman–Crippen MR) is 52.1 cm³/mol. The monoisotopic (exact) mass is 169 g/mol. The highest BCUT2D eigenvalue weighted by molar-refractivity contribution is 5.77. The van der Waals surface area contributed by atoms with E-state index in [1.54, 1.807) is 7.05 Å². The normalized spacial score (nSPS) is 21.7. The third kappa shape index (κ3) is 1.90. The van der Waals surface area contributed by atoms with Crippen LogP contribution in [-0.4, -0.2) is 19.6 Å². The van der Waals surface area contributed by atoms with Gasteiger partial charge in [-0.2, -0.15) is 0 Å². The molecule has 0 heterocycles. The number of rotatable bonds is 3. The van der Waals surface area contributed by atoms with Gasteiger partial charge in [-0.15, -0.1) is 0 Å². The van der Waals surface area contributed by atoms with Crippen LogP contribution in [0.2, 0.25) is 0 Å². The molecule has 0 aromatic heterocycles. The van der Waals surface area contributed by atoms with Crippen LogP contribution < -0.4 is 11.1 Å². The van der Waals surface area contributed by atoms with Crippen LogP contribution in [-0.2, 0) is 0 Å². The summed E-state index contributed by atoms with van der Waals surface area (Å²) in [5.74, 6) is 0.565. The van der Waals surface area contributed by atoms with Gasteiger partial charge in [-0.05, 0) is 24.7 Å². The Hall–Kier alpha value is -0.730. The second-order valence-electron chi connectivity index (χ2n) is 3.67. The van der Waals surface area contributed by atoms with Crippen LogP contribution >= 0.6 is 0 Å². The molecule has 0 atom stereocenters. The molecule has 1 saturated carbocycles. The molecule has 0 saturated heterocycles. The summed E-state index contributed by atoms with van der Waals surface area (Å²) >= 11 is 0. The molecule has 1 rings (SSSR count). The zero-order valence-electron chi connectivity index (χ0n) is 8.06. The summed E-state index contributed by atoms with van der Waals surface area (Å²) < 4.78 is 0. The van der Waals surface area contributed by atoms with E-state index in [9.17, 15) is 0 Å². The van der Waals surface area contributed by atoms with Gasteiger partial charge in [0.05, 0.1) is 0 Å². The SMILES string of the molecule is CCC1(CNC(N)=NC)CCC1. The van der Waals surface area contributed by atoms with E-state index in [-0.39, 0.29) is 0 Å². The predicted octanol–water partition coefficient (Wildman–Crippen LogP) is 1.10. The Morgan fingerprint density at radius 2 is 2.25 bits per heavy atom. The molecule has 0 bridgehead atoms. The minimum atomic E-state index is 0.523. The number of hydrogen-bond acceptors (Lipinski definition) is 1. The summed E-state index contributed by atoms with van der Waals surface area (Å²) in [5.41, 5.74) is 6.08. The van der Waals surface area contributed by atoms with Gasteiger partial charge in [-0.25, -0.2) is 0 Å². The smallest absolute Gasteiger partial charge is 0.188 e. The molecule has 1 aliphatic carbocycles. The first-order valence-electron chi connectivity index (χ1n) is 4.68. The van der Waals surface area contributed by atoms with Crippen LogP contribution in [0, 0.1) is 5.41 Å². The van der Waals surface area contributed by atoms with Gasteiger partial charge in [0.15, 0.2) is 5.96 Å². The highest BCUT2D eigenvalue weighted by atomic mass is 15.1. The molecule has 1 aliphatic rings. The van der Waals surface area contributed by atoms with Crippen molar-refractivity contribution in [1.29, 1.82) is 0 Å². The van der Waals surface area contributed by atoms with E-state index in [2.05, 4.69) is 17.2 Å². The first-order valence-corrected chi connectivity index (χ1v) is 4.68. The summed E-state index contributed by atoms with van der Waals surface area (Å²) in [7, 11) is 1.71. The van der Waals surface area contributed by atoms with Crippen molar-refractivity contribution in [3.05, 3.63) is 0 Å². The Labute approximate surface area is 74.4 Å². The molecule has 0 radical (unpaired) electrons. The highest BCUT2D eigenvalue weighted by Gasteiger charge is 2.34. The molecular weight excluding hydrogens is 150 g/mol. The quantitative estimate of drug-likeness (QED) is 0.491. The summed E-state index contributed by atoms with van der Waals surface area (Å²) in [6.07, 6.45) is 5.30. The largest absolute Gasteiger partial charge is 0.370 e. The Kier molecular flexibility index (Phi) is 2.95. The first-order chi connectivity index (χ1) is 5.72. The summed E-state index contributed by atoms with van der Waals surface area (Å²) in [6, 6.07) is 0. The molecule has 12 heavy (non-hydrogen) atoms. The summed E-state index contributed by atoms with van der Waals surface area (Å²) in [4.78, 5) is 3.87.